The number of rotatable bonds is 1. The Hall–Kier alpha value is 0.956. The van der Waals surface area contributed by atoms with Gasteiger partial charge in [-0.25, -0.2) is 0 Å². The zero-order valence-corrected chi connectivity index (χ0v) is 10.5. The summed E-state index contributed by atoms with van der Waals surface area (Å²) in [5, 5.41) is 0. The van der Waals surface area contributed by atoms with Gasteiger partial charge in [0.15, 0.2) is 0 Å². The molecule has 70 valence electrons. The van der Waals surface area contributed by atoms with Crippen molar-refractivity contribution >= 4 is 0 Å². The fourth-order valence-electron chi connectivity index (χ4n) is 1.34. The van der Waals surface area contributed by atoms with Crippen LogP contribution in [0.1, 0.15) is 33.5 Å². The number of hydrogen-bond acceptors (Lipinski definition) is 1. The first-order valence-electron chi connectivity index (χ1n) is 3.52. The Morgan fingerprint density at radius 3 is 1.83 bits per heavy atom. The third kappa shape index (κ3) is 6.47. The van der Waals surface area contributed by atoms with Crippen LogP contribution in [0.25, 0.3) is 0 Å². The van der Waals surface area contributed by atoms with Gasteiger partial charge in [0, 0.05) is 12.8 Å². The largest absolute Gasteiger partial charge is 2.00 e. The molecule has 0 aromatic carbocycles. The van der Waals surface area contributed by atoms with Crippen LogP contribution in [0.4, 0.5) is 0 Å². The van der Waals surface area contributed by atoms with Crippen molar-refractivity contribution in [3.63, 3.8) is 0 Å². The number of nitroso groups, excluding NO2 is 1. The third-order valence-electron chi connectivity index (χ3n) is 1.93. The molecule has 0 spiro atoms. The summed E-state index contributed by atoms with van der Waals surface area (Å²) in [5.41, 5.74) is 0. The van der Waals surface area contributed by atoms with Crippen LogP contribution in [0.2, 0.25) is 0 Å². The first kappa shape index (κ1) is 18.7. The third-order valence-corrected chi connectivity index (χ3v) is 1.93. The summed E-state index contributed by atoms with van der Waals surface area (Å²) in [6, 6.07) is 0.110. The van der Waals surface area contributed by atoms with E-state index in [0.717, 1.165) is 12.8 Å². The quantitative estimate of drug-likeness (QED) is 0.226. The Morgan fingerprint density at radius 2 is 1.58 bits per heavy atom. The SMILES string of the molecule is N[N+](=O)C1CCCCC1.[H-].[K+].[O-2].[O-2]. The molecule has 2 N–H and O–H groups in total. The summed E-state index contributed by atoms with van der Waals surface area (Å²) in [7, 11) is 0. The van der Waals surface area contributed by atoms with E-state index in [1.165, 1.54) is 19.3 Å². The maximum absolute atomic E-state index is 10.5. The monoisotopic (exact) mass is 201 g/mol. The minimum atomic E-state index is 0. The summed E-state index contributed by atoms with van der Waals surface area (Å²) >= 11 is 0. The van der Waals surface area contributed by atoms with Crippen LogP contribution in [0.15, 0.2) is 0 Å². The van der Waals surface area contributed by atoms with Gasteiger partial charge in [-0.15, -0.1) is 0 Å². The Morgan fingerprint density at radius 1 is 1.17 bits per heavy atom. The molecule has 0 radical (unpaired) electrons. The average molecular weight is 201 g/mol. The first-order chi connectivity index (χ1) is 4.30. The maximum atomic E-state index is 10.5. The van der Waals surface area contributed by atoms with Gasteiger partial charge < -0.3 is 12.4 Å². The van der Waals surface area contributed by atoms with Crippen molar-refractivity contribution in [1.82, 2.24) is 0 Å². The molecule has 0 aromatic heterocycles. The van der Waals surface area contributed by atoms with Crippen LogP contribution in [0.3, 0.4) is 0 Å². The van der Waals surface area contributed by atoms with Crippen LogP contribution in [-0.4, -0.2) is 10.9 Å². The maximum Gasteiger partial charge on any atom is 1.00 e. The van der Waals surface area contributed by atoms with Crippen molar-refractivity contribution in [1.29, 1.82) is 0 Å². The molecule has 0 aliphatic heterocycles. The molecule has 1 rings (SSSR count). The van der Waals surface area contributed by atoms with E-state index in [9.17, 15) is 4.91 Å². The second-order valence-electron chi connectivity index (χ2n) is 2.65. The second-order valence-corrected chi connectivity index (χ2v) is 2.65. The van der Waals surface area contributed by atoms with Gasteiger partial charge in [0.05, 0.1) is 4.91 Å². The smallest absolute Gasteiger partial charge is 1.00 e. The van der Waals surface area contributed by atoms with Crippen molar-refractivity contribution in [2.75, 3.05) is 0 Å². The van der Waals surface area contributed by atoms with Crippen molar-refractivity contribution in [3.05, 3.63) is 4.91 Å². The zero-order valence-electron chi connectivity index (χ0n) is 8.36. The fraction of sp³-hybridized carbons (Fsp3) is 1.00. The molecular weight excluding hydrogens is 187 g/mol. The number of nitrogens with zero attached hydrogens (tertiary/aromatic N) is 1. The molecule has 0 heterocycles. The molecule has 12 heavy (non-hydrogen) atoms. The van der Waals surface area contributed by atoms with E-state index in [1.54, 1.807) is 0 Å². The van der Waals surface area contributed by atoms with Gasteiger partial charge in [-0.1, -0.05) is 6.42 Å². The molecule has 0 saturated heterocycles. The second kappa shape index (κ2) is 10.0. The minimum absolute atomic E-state index is 0. The molecule has 0 aromatic rings. The van der Waals surface area contributed by atoms with Gasteiger partial charge in [0.25, 0.3) is 0 Å². The standard InChI is InChI=1S/C6H13N2O.K.2O.H/c7-8(9)6-4-2-1-3-5-6;;;;/h6H,1-5H2,(H2,7,9);;;;/q2*+1;2*-2;-1. The van der Waals surface area contributed by atoms with E-state index in [0.29, 0.717) is 4.87 Å². The van der Waals surface area contributed by atoms with E-state index < -0.39 is 0 Å². The van der Waals surface area contributed by atoms with E-state index >= 15 is 0 Å². The van der Waals surface area contributed by atoms with Crippen LogP contribution >= 0.6 is 0 Å². The molecule has 1 aliphatic rings. The molecule has 0 amide bonds. The van der Waals surface area contributed by atoms with Gasteiger partial charge >= 0.3 is 51.4 Å². The summed E-state index contributed by atoms with van der Waals surface area (Å²) < 4.78 is 0. The topological polar surface area (TPSA) is 103 Å². The van der Waals surface area contributed by atoms with Crippen LogP contribution < -0.4 is 57.2 Å². The van der Waals surface area contributed by atoms with Gasteiger partial charge in [-0.05, 0) is 12.8 Å². The van der Waals surface area contributed by atoms with Crippen LogP contribution in [0.5, 0.6) is 0 Å². The van der Waals surface area contributed by atoms with Crippen molar-refractivity contribution in [2.24, 2.45) is 5.84 Å². The van der Waals surface area contributed by atoms with E-state index in [2.05, 4.69) is 0 Å². The van der Waals surface area contributed by atoms with Gasteiger partial charge in [0.1, 0.15) is 4.87 Å². The van der Waals surface area contributed by atoms with Gasteiger partial charge in [-0.2, -0.15) is 5.84 Å². The van der Waals surface area contributed by atoms with E-state index in [-0.39, 0.29) is 69.8 Å². The van der Waals surface area contributed by atoms with Crippen molar-refractivity contribution in [3.8, 4) is 0 Å². The number of nitrogens with two attached hydrogens (primary N) is 1. The molecular formula is C6H14KN2O3-3. The summed E-state index contributed by atoms with van der Waals surface area (Å²) in [5.74, 6) is 5.04. The van der Waals surface area contributed by atoms with Crippen molar-refractivity contribution in [2.45, 2.75) is 38.1 Å². The molecule has 0 unspecified atom stereocenters. The number of hydrazine groups is 1. The normalized spacial score (nSPS) is 16.3. The Bertz CT molecular complexity index is 122. The molecule has 1 aliphatic carbocycles. The summed E-state index contributed by atoms with van der Waals surface area (Å²) in [6.07, 6.45) is 5.57. The Kier molecular flexibility index (Phi) is 15.6. The molecule has 6 heteroatoms. The fourth-order valence-corrected chi connectivity index (χ4v) is 1.34. The molecule has 1 fully saturated rings. The van der Waals surface area contributed by atoms with E-state index in [4.69, 9.17) is 5.84 Å². The molecule has 0 atom stereocenters. The average Bonchev–Trinajstić information content (AvgIpc) is 1.90. The molecule has 0 bridgehead atoms. The zero-order chi connectivity index (χ0) is 6.69. The summed E-state index contributed by atoms with van der Waals surface area (Å²) in [6.45, 7) is 0. The molecule has 5 nitrogen and oxygen atoms in total. The Labute approximate surface area is 116 Å². The van der Waals surface area contributed by atoms with Crippen LogP contribution in [0, 0.1) is 4.91 Å². The van der Waals surface area contributed by atoms with Crippen molar-refractivity contribution < 1.29 is 68.6 Å². The number of hydrogen-bond donors (Lipinski definition) is 1. The first-order valence-corrected chi connectivity index (χ1v) is 3.52. The predicted octanol–water partition coefficient (Wildman–Crippen LogP) is -2.15. The summed E-state index contributed by atoms with van der Waals surface area (Å²) in [4.78, 5) is 11.1. The van der Waals surface area contributed by atoms with Gasteiger partial charge in [0.2, 0.25) is 6.04 Å². The van der Waals surface area contributed by atoms with Crippen LogP contribution in [-0.2, 0) is 11.0 Å². The minimum Gasteiger partial charge on any atom is -2.00 e. The molecule has 1 saturated carbocycles. The van der Waals surface area contributed by atoms with E-state index in [1.807, 2.05) is 0 Å². The Balaban J connectivity index is -0.000000101. The predicted molar refractivity (Wildman–Crippen MR) is 37.2 cm³/mol. The van der Waals surface area contributed by atoms with Gasteiger partial charge in [-0.3, -0.25) is 0 Å².